The smallest absolute Gasteiger partial charge is 0.143 e. The number of para-hydroxylation sites is 1. The lowest BCUT2D eigenvalue weighted by molar-refractivity contribution is 0.0701. The van der Waals surface area contributed by atoms with Crippen LogP contribution in [0.1, 0.15) is 37.0 Å². The number of ether oxygens (including phenoxy) is 2. The normalized spacial score (nSPS) is 12.9. The Morgan fingerprint density at radius 1 is 0.862 bits per heavy atom. The zero-order chi connectivity index (χ0) is 20.6. The van der Waals surface area contributed by atoms with E-state index >= 15 is 0 Å². The molecule has 0 aliphatic heterocycles. The fourth-order valence-corrected chi connectivity index (χ4v) is 3.32. The van der Waals surface area contributed by atoms with Crippen LogP contribution in [0.25, 0.3) is 0 Å². The van der Waals surface area contributed by atoms with Crippen molar-refractivity contribution in [2.45, 2.75) is 25.9 Å². The summed E-state index contributed by atoms with van der Waals surface area (Å²) in [5.74, 6) is 4.91. The molecule has 148 valence electrons. The molecule has 2 unspecified atom stereocenters. The van der Waals surface area contributed by atoms with Crippen LogP contribution < -0.4 is 4.74 Å². The Labute approximate surface area is 178 Å². The Morgan fingerprint density at radius 3 is 2.21 bits per heavy atom. The van der Waals surface area contributed by atoms with E-state index in [1.54, 1.807) is 0 Å². The van der Waals surface area contributed by atoms with Crippen molar-refractivity contribution in [2.24, 2.45) is 5.92 Å². The van der Waals surface area contributed by atoms with E-state index < -0.39 is 6.10 Å². The van der Waals surface area contributed by atoms with Crippen LogP contribution in [0.2, 0.25) is 5.02 Å². The van der Waals surface area contributed by atoms with Crippen LogP contribution in [0.5, 0.6) is 11.5 Å². The first-order valence-electron chi connectivity index (χ1n) is 9.73. The van der Waals surface area contributed by atoms with E-state index in [9.17, 15) is 0 Å². The van der Waals surface area contributed by atoms with Gasteiger partial charge >= 0.3 is 0 Å². The minimum atomic E-state index is -0.442. The highest BCUT2D eigenvalue weighted by Crippen LogP contribution is 2.30. The molecule has 0 spiro atoms. The summed E-state index contributed by atoms with van der Waals surface area (Å²) in [6.07, 6.45) is 5.35. The van der Waals surface area contributed by atoms with Gasteiger partial charge in [-0.05, 0) is 53.4 Å². The molecule has 0 N–H and O–H groups in total. The topological polar surface area (TPSA) is 18.5 Å². The summed E-state index contributed by atoms with van der Waals surface area (Å²) in [6, 6.07) is 25.3. The predicted molar refractivity (Wildman–Crippen MR) is 120 cm³/mol. The third-order valence-electron chi connectivity index (χ3n) is 4.84. The average molecular weight is 405 g/mol. The maximum absolute atomic E-state index is 6.17. The minimum absolute atomic E-state index is 0.229. The summed E-state index contributed by atoms with van der Waals surface area (Å²) in [5, 5.41) is 0.730. The van der Waals surface area contributed by atoms with Crippen LogP contribution in [0, 0.1) is 18.3 Å². The van der Waals surface area contributed by atoms with Gasteiger partial charge in [0.15, 0.2) is 0 Å². The van der Waals surface area contributed by atoms with Crippen LogP contribution in [0.3, 0.4) is 0 Å². The van der Waals surface area contributed by atoms with Gasteiger partial charge in [-0.2, -0.15) is 0 Å². The molecule has 0 amide bonds. The van der Waals surface area contributed by atoms with Crippen LogP contribution in [-0.4, -0.2) is 6.61 Å². The number of hydrogen-bond acceptors (Lipinski definition) is 2. The number of rotatable bonds is 8. The van der Waals surface area contributed by atoms with Crippen molar-refractivity contribution in [1.82, 2.24) is 0 Å². The highest BCUT2D eigenvalue weighted by molar-refractivity contribution is 6.30. The van der Waals surface area contributed by atoms with Gasteiger partial charge in [0, 0.05) is 10.9 Å². The average Bonchev–Trinajstić information content (AvgIpc) is 2.73. The largest absolute Gasteiger partial charge is 0.457 e. The van der Waals surface area contributed by atoms with E-state index in [4.69, 9.17) is 27.5 Å². The van der Waals surface area contributed by atoms with Gasteiger partial charge in [0.2, 0.25) is 0 Å². The first kappa shape index (κ1) is 21.0. The summed E-state index contributed by atoms with van der Waals surface area (Å²) in [5.41, 5.74) is 2.10. The standard InChI is InChI=1S/C26H25ClO2/c1-4-26(28-18-25(19(2)3)20-13-15-22(27)16-14-20)21-9-8-12-24(17-21)29-23-10-6-5-7-11-23/h1,5-17,19,25-26H,18H2,2-3H3. The van der Waals surface area contributed by atoms with Crippen LogP contribution in [0.4, 0.5) is 0 Å². The van der Waals surface area contributed by atoms with Crippen molar-refractivity contribution >= 4 is 11.6 Å². The summed E-state index contributed by atoms with van der Waals surface area (Å²) >= 11 is 6.03. The van der Waals surface area contributed by atoms with E-state index in [2.05, 4.69) is 31.9 Å². The van der Waals surface area contributed by atoms with Gasteiger partial charge in [0.1, 0.15) is 17.6 Å². The van der Waals surface area contributed by atoms with E-state index in [1.807, 2.05) is 66.7 Å². The number of benzene rings is 3. The van der Waals surface area contributed by atoms with E-state index in [1.165, 1.54) is 5.56 Å². The molecule has 2 atom stereocenters. The van der Waals surface area contributed by atoms with Gasteiger partial charge in [0.25, 0.3) is 0 Å². The van der Waals surface area contributed by atoms with Crippen molar-refractivity contribution in [2.75, 3.05) is 6.61 Å². The van der Waals surface area contributed by atoms with Gasteiger partial charge in [-0.1, -0.05) is 73.8 Å². The van der Waals surface area contributed by atoms with Gasteiger partial charge in [-0.25, -0.2) is 0 Å². The highest BCUT2D eigenvalue weighted by atomic mass is 35.5. The third-order valence-corrected chi connectivity index (χ3v) is 5.09. The van der Waals surface area contributed by atoms with Crippen LogP contribution >= 0.6 is 11.6 Å². The molecule has 2 nitrogen and oxygen atoms in total. The van der Waals surface area contributed by atoms with Gasteiger partial charge in [0.05, 0.1) is 6.61 Å². The summed E-state index contributed by atoms with van der Waals surface area (Å²) in [6.45, 7) is 4.89. The van der Waals surface area contributed by atoms with Crippen molar-refractivity contribution in [3.05, 3.63) is 95.0 Å². The molecule has 0 heterocycles. The van der Waals surface area contributed by atoms with E-state index in [-0.39, 0.29) is 5.92 Å². The molecule has 0 aromatic heterocycles. The second-order valence-corrected chi connectivity index (χ2v) is 7.71. The Bertz CT molecular complexity index is 942. The highest BCUT2D eigenvalue weighted by Gasteiger charge is 2.19. The maximum Gasteiger partial charge on any atom is 0.143 e. The Kier molecular flexibility index (Phi) is 7.36. The molecule has 3 aromatic rings. The van der Waals surface area contributed by atoms with Crippen molar-refractivity contribution in [3.63, 3.8) is 0 Å². The van der Waals surface area contributed by atoms with Crippen molar-refractivity contribution in [3.8, 4) is 23.8 Å². The lowest BCUT2D eigenvalue weighted by Crippen LogP contribution is -2.16. The molecular formula is C26H25ClO2. The van der Waals surface area contributed by atoms with Crippen LogP contribution in [-0.2, 0) is 4.74 Å². The zero-order valence-corrected chi connectivity index (χ0v) is 17.5. The second-order valence-electron chi connectivity index (χ2n) is 7.27. The third kappa shape index (κ3) is 5.87. The van der Waals surface area contributed by atoms with E-state index in [0.29, 0.717) is 12.5 Å². The summed E-state index contributed by atoms with van der Waals surface area (Å²) in [4.78, 5) is 0. The van der Waals surface area contributed by atoms with Gasteiger partial charge < -0.3 is 9.47 Å². The lowest BCUT2D eigenvalue weighted by Gasteiger charge is -2.24. The minimum Gasteiger partial charge on any atom is -0.457 e. The number of terminal acetylenes is 1. The van der Waals surface area contributed by atoms with Gasteiger partial charge in [-0.15, -0.1) is 6.42 Å². The molecular weight excluding hydrogens is 380 g/mol. The molecule has 0 bridgehead atoms. The molecule has 3 rings (SSSR count). The Balaban J connectivity index is 1.71. The lowest BCUT2D eigenvalue weighted by atomic mass is 9.89. The van der Waals surface area contributed by atoms with Crippen LogP contribution in [0.15, 0.2) is 78.9 Å². The zero-order valence-electron chi connectivity index (χ0n) is 16.7. The summed E-state index contributed by atoms with van der Waals surface area (Å²) in [7, 11) is 0. The molecule has 29 heavy (non-hydrogen) atoms. The fraction of sp³-hybridized carbons (Fsp3) is 0.231. The molecule has 0 radical (unpaired) electrons. The molecule has 0 fully saturated rings. The first-order valence-corrected chi connectivity index (χ1v) is 10.1. The number of hydrogen-bond donors (Lipinski definition) is 0. The van der Waals surface area contributed by atoms with Gasteiger partial charge in [-0.3, -0.25) is 0 Å². The molecule has 0 saturated heterocycles. The Morgan fingerprint density at radius 2 is 1.55 bits per heavy atom. The summed E-state index contributed by atoms with van der Waals surface area (Å²) < 4.78 is 12.1. The maximum atomic E-state index is 6.17. The first-order chi connectivity index (χ1) is 14.1. The fourth-order valence-electron chi connectivity index (χ4n) is 3.19. The SMILES string of the molecule is C#CC(OCC(c1ccc(Cl)cc1)C(C)C)c1cccc(Oc2ccccc2)c1. The quantitative estimate of drug-likeness (QED) is 0.368. The molecule has 0 aliphatic carbocycles. The second kappa shape index (κ2) is 10.2. The molecule has 3 heteroatoms. The molecule has 0 saturated carbocycles. The monoisotopic (exact) mass is 404 g/mol. The predicted octanol–water partition coefficient (Wildman–Crippen LogP) is 7.26. The van der Waals surface area contributed by atoms with E-state index in [0.717, 1.165) is 22.1 Å². The van der Waals surface area contributed by atoms with Crippen molar-refractivity contribution in [1.29, 1.82) is 0 Å². The van der Waals surface area contributed by atoms with Crippen molar-refractivity contribution < 1.29 is 9.47 Å². The Hall–Kier alpha value is -2.73. The number of halogens is 1. The molecule has 3 aromatic carbocycles. The molecule has 0 aliphatic rings.